The highest BCUT2D eigenvalue weighted by Gasteiger charge is 2.34. The summed E-state index contributed by atoms with van der Waals surface area (Å²) in [5, 5.41) is 13.9. The molecular weight excluding hydrogens is 420 g/mol. The molecule has 0 aliphatic carbocycles. The number of nitrogens with zero attached hydrogens (tertiary/aromatic N) is 6. The van der Waals surface area contributed by atoms with Crippen molar-refractivity contribution in [2.75, 3.05) is 16.8 Å². The number of ether oxygens (including phenoxy) is 2. The van der Waals surface area contributed by atoms with Crippen LogP contribution in [-0.4, -0.2) is 39.2 Å². The Balaban J connectivity index is 1.57. The predicted octanol–water partition coefficient (Wildman–Crippen LogP) is 4.44. The molecule has 0 saturated carbocycles. The Labute approximate surface area is 195 Å². The Bertz CT molecular complexity index is 1440. The third-order valence-electron chi connectivity index (χ3n) is 5.28. The largest absolute Gasteiger partial charge is 0.497 e. The third-order valence-corrected chi connectivity index (χ3v) is 5.28. The second-order valence-electron chi connectivity index (χ2n) is 8.03. The fourth-order valence-corrected chi connectivity index (χ4v) is 3.86. The Hall–Kier alpha value is -4.14. The smallest absolute Gasteiger partial charge is 0.334 e. The van der Waals surface area contributed by atoms with Gasteiger partial charge in [0.15, 0.2) is 0 Å². The van der Waals surface area contributed by atoms with E-state index in [0.29, 0.717) is 28.6 Å². The Morgan fingerprint density at radius 3 is 2.61 bits per heavy atom. The van der Waals surface area contributed by atoms with E-state index in [-0.39, 0.29) is 24.4 Å². The number of fused-ring (bicyclic) bond motifs is 2. The summed E-state index contributed by atoms with van der Waals surface area (Å²) >= 11 is 0. The maximum atomic E-state index is 13.9. The van der Waals surface area contributed by atoms with Crippen molar-refractivity contribution >= 4 is 34.0 Å². The van der Waals surface area contributed by atoms with E-state index in [1.807, 2.05) is 45.3 Å². The highest BCUT2D eigenvalue weighted by molar-refractivity contribution is 6.11. The van der Waals surface area contributed by atoms with Gasteiger partial charge in [-0.05, 0) is 56.3 Å². The highest BCUT2D eigenvalue weighted by atomic mass is 16.5. The number of carbonyl (C=O) groups is 1. The zero-order valence-corrected chi connectivity index (χ0v) is 18.4. The van der Waals surface area contributed by atoms with Crippen molar-refractivity contribution in [3.05, 3.63) is 60.4 Å². The second-order valence-corrected chi connectivity index (χ2v) is 8.03. The summed E-state index contributed by atoms with van der Waals surface area (Å²) in [6.07, 6.45) is 1.77. The molecule has 0 radical (unpaired) electrons. The lowest BCUT2D eigenvalue weighted by Gasteiger charge is -2.36. The van der Waals surface area contributed by atoms with Crippen LogP contribution < -0.4 is 19.3 Å². The number of anilines is 3. The van der Waals surface area contributed by atoms with Gasteiger partial charge >= 0.3 is 6.03 Å². The van der Waals surface area contributed by atoms with Crippen molar-refractivity contribution in [3.63, 3.8) is 0 Å². The van der Waals surface area contributed by atoms with Crippen molar-refractivity contribution in [1.29, 1.82) is 0 Å². The van der Waals surface area contributed by atoms with E-state index in [2.05, 4.69) is 15.3 Å². The topological polar surface area (TPSA) is 85.6 Å². The first-order valence-corrected chi connectivity index (χ1v) is 10.4. The van der Waals surface area contributed by atoms with Crippen molar-refractivity contribution in [2.24, 2.45) is 7.05 Å². The minimum atomic E-state index is -2.57. The van der Waals surface area contributed by atoms with E-state index in [4.69, 9.17) is 13.6 Å². The molecule has 3 heterocycles. The van der Waals surface area contributed by atoms with Crippen molar-refractivity contribution < 1.29 is 18.4 Å². The number of amides is 2. The van der Waals surface area contributed by atoms with Crippen LogP contribution in [0, 0.1) is 0 Å². The van der Waals surface area contributed by atoms with E-state index in [0.717, 1.165) is 10.9 Å². The summed E-state index contributed by atoms with van der Waals surface area (Å²) in [5.74, 6) is 0.466. The van der Waals surface area contributed by atoms with Crippen LogP contribution in [0.15, 0.2) is 54.7 Å². The Kier molecular flexibility index (Phi) is 4.27. The predicted molar refractivity (Wildman–Crippen MR) is 125 cm³/mol. The number of benzene rings is 2. The average Bonchev–Trinajstić information content (AvgIpc) is 3.17. The summed E-state index contributed by atoms with van der Waals surface area (Å²) in [6, 6.07) is 13.3. The molecule has 0 bridgehead atoms. The number of hydrogen-bond donors (Lipinski definition) is 0. The number of methoxy groups -OCH3 is 1. The molecule has 1 aliphatic heterocycles. The van der Waals surface area contributed by atoms with Crippen molar-refractivity contribution in [1.82, 2.24) is 20.0 Å². The van der Waals surface area contributed by atoms with Gasteiger partial charge < -0.3 is 9.47 Å². The van der Waals surface area contributed by atoms with E-state index in [1.165, 1.54) is 17.0 Å². The van der Waals surface area contributed by atoms with Gasteiger partial charge in [-0.2, -0.15) is 5.10 Å². The fourth-order valence-electron chi connectivity index (χ4n) is 3.86. The molecule has 9 heteroatoms. The lowest BCUT2D eigenvalue weighted by molar-refractivity contribution is 0.229. The standard InChI is InChI=1S/C24H24N6O3/c1-15(2)33-23-12-22-21(25-26-23)14-29(18-7-10-20-16(11-18)13-28(3)27-20)24(31)30(22)17-5-8-19(32-4)9-6-17/h5-13,15H,14H2,1-4H3/i4D3. The molecule has 168 valence electrons. The van der Waals surface area contributed by atoms with Crippen LogP contribution in [0.5, 0.6) is 11.6 Å². The molecule has 2 amide bonds. The van der Waals surface area contributed by atoms with Gasteiger partial charge in [-0.3, -0.25) is 14.5 Å². The Morgan fingerprint density at radius 2 is 1.85 bits per heavy atom. The minimum Gasteiger partial charge on any atom is -0.497 e. The molecule has 2 aromatic carbocycles. The maximum Gasteiger partial charge on any atom is 0.334 e. The number of hydrogen-bond acceptors (Lipinski definition) is 6. The van der Waals surface area contributed by atoms with Gasteiger partial charge in [-0.25, -0.2) is 4.79 Å². The van der Waals surface area contributed by atoms with E-state index < -0.39 is 7.04 Å². The molecule has 4 aromatic rings. The van der Waals surface area contributed by atoms with Gasteiger partial charge in [0, 0.05) is 30.4 Å². The molecular formula is C24H24N6O3. The molecule has 0 spiro atoms. The summed E-state index contributed by atoms with van der Waals surface area (Å²) < 4.78 is 34.3. The van der Waals surface area contributed by atoms with Gasteiger partial charge in [0.2, 0.25) is 5.88 Å². The zero-order valence-electron chi connectivity index (χ0n) is 21.4. The van der Waals surface area contributed by atoms with Crippen LogP contribution in [0.2, 0.25) is 0 Å². The van der Waals surface area contributed by atoms with Crippen LogP contribution >= 0.6 is 0 Å². The molecule has 0 atom stereocenters. The van der Waals surface area contributed by atoms with Gasteiger partial charge in [-0.15, -0.1) is 10.2 Å². The van der Waals surface area contributed by atoms with Crippen molar-refractivity contribution in [3.8, 4) is 11.6 Å². The molecule has 0 fully saturated rings. The molecule has 9 nitrogen and oxygen atoms in total. The highest BCUT2D eigenvalue weighted by Crippen LogP contribution is 2.38. The minimum absolute atomic E-state index is 0.121. The molecule has 5 rings (SSSR count). The van der Waals surface area contributed by atoms with Crippen LogP contribution in [0.1, 0.15) is 23.7 Å². The normalized spacial score (nSPS) is 15.3. The Morgan fingerprint density at radius 1 is 1.06 bits per heavy atom. The molecule has 0 N–H and O–H groups in total. The number of urea groups is 1. The molecule has 0 unspecified atom stereocenters. The molecule has 1 aliphatic rings. The van der Waals surface area contributed by atoms with Crippen LogP contribution in [0.4, 0.5) is 21.9 Å². The van der Waals surface area contributed by atoms with Crippen LogP contribution in [0.3, 0.4) is 0 Å². The fraction of sp³-hybridized carbons (Fsp3) is 0.250. The first-order chi connectivity index (χ1) is 17.1. The van der Waals surface area contributed by atoms with Gasteiger partial charge in [-0.1, -0.05) is 0 Å². The quantitative estimate of drug-likeness (QED) is 0.450. The summed E-state index contributed by atoms with van der Waals surface area (Å²) in [4.78, 5) is 17.0. The van der Waals surface area contributed by atoms with Crippen LogP contribution in [-0.2, 0) is 13.6 Å². The summed E-state index contributed by atoms with van der Waals surface area (Å²) in [6.45, 7) is 3.97. The maximum absolute atomic E-state index is 13.9. The summed E-state index contributed by atoms with van der Waals surface area (Å²) in [7, 11) is -0.731. The molecule has 2 aromatic heterocycles. The van der Waals surface area contributed by atoms with E-state index in [9.17, 15) is 4.79 Å². The first-order valence-electron chi connectivity index (χ1n) is 11.9. The van der Waals surface area contributed by atoms with Crippen LogP contribution in [0.25, 0.3) is 10.9 Å². The van der Waals surface area contributed by atoms with Crippen molar-refractivity contribution in [2.45, 2.75) is 26.5 Å². The number of rotatable bonds is 5. The molecule has 33 heavy (non-hydrogen) atoms. The third kappa shape index (κ3) is 3.82. The molecule has 0 saturated heterocycles. The van der Waals surface area contributed by atoms with Gasteiger partial charge in [0.05, 0.1) is 40.7 Å². The SMILES string of the molecule is [2H]C([2H])([2H])Oc1ccc(N2C(=O)N(c3ccc4nn(C)cc4c3)Cc3nnc(OC(C)C)cc32)cc1. The second kappa shape index (κ2) is 8.09. The van der Waals surface area contributed by atoms with E-state index >= 15 is 0 Å². The lowest BCUT2D eigenvalue weighted by atomic mass is 10.1. The zero-order chi connectivity index (χ0) is 25.6. The number of aromatic nitrogens is 4. The van der Waals surface area contributed by atoms with E-state index in [1.54, 1.807) is 27.8 Å². The first kappa shape index (κ1) is 17.4. The monoisotopic (exact) mass is 447 g/mol. The number of aryl methyl sites for hydroxylation is 1. The van der Waals surface area contributed by atoms with Gasteiger partial charge in [0.1, 0.15) is 11.4 Å². The summed E-state index contributed by atoms with van der Waals surface area (Å²) in [5.41, 5.74) is 3.13. The van der Waals surface area contributed by atoms with Gasteiger partial charge in [0.25, 0.3) is 0 Å². The average molecular weight is 448 g/mol. The number of carbonyl (C=O) groups excluding carboxylic acids is 1. The lowest BCUT2D eigenvalue weighted by Crippen LogP contribution is -2.45.